The van der Waals surface area contributed by atoms with Gasteiger partial charge in [0.05, 0.1) is 16.3 Å². The van der Waals surface area contributed by atoms with Crippen LogP contribution in [0.5, 0.6) is 0 Å². The van der Waals surface area contributed by atoms with Crippen LogP contribution in [0, 0.1) is 0 Å². The summed E-state index contributed by atoms with van der Waals surface area (Å²) >= 11 is 1.79. The van der Waals surface area contributed by atoms with E-state index < -0.39 is 0 Å². The summed E-state index contributed by atoms with van der Waals surface area (Å²) in [6.45, 7) is 4.42. The van der Waals surface area contributed by atoms with Gasteiger partial charge < -0.3 is 10.2 Å². The first kappa shape index (κ1) is 14.4. The Bertz CT molecular complexity index is 474. The van der Waals surface area contributed by atoms with Gasteiger partial charge in [-0.1, -0.05) is 12.1 Å². The van der Waals surface area contributed by atoms with E-state index in [4.69, 9.17) is 0 Å². The number of hydrogen-bond donors (Lipinski definition) is 1. The molecule has 2 rings (SSSR count). The number of unbranched alkanes of at least 4 members (excludes halogenated alkanes) is 1. The van der Waals surface area contributed by atoms with E-state index in [1.54, 1.807) is 11.3 Å². The lowest BCUT2D eigenvalue weighted by atomic mass is 10.2. The fraction of sp³-hybridized carbons (Fsp3) is 0.533. The zero-order valence-electron chi connectivity index (χ0n) is 12.0. The van der Waals surface area contributed by atoms with Crippen LogP contribution in [0.25, 0.3) is 10.2 Å². The van der Waals surface area contributed by atoms with Gasteiger partial charge in [-0.25, -0.2) is 4.98 Å². The zero-order chi connectivity index (χ0) is 13.7. The molecule has 2 aromatic rings. The van der Waals surface area contributed by atoms with Crippen molar-refractivity contribution in [3.05, 3.63) is 29.3 Å². The molecule has 1 atom stereocenters. The SMILES string of the molecule is CC(NCCCCN(C)C)c1nc2ccccc2s1. The second-order valence-electron chi connectivity index (χ2n) is 5.21. The van der Waals surface area contributed by atoms with E-state index in [2.05, 4.69) is 54.4 Å². The lowest BCUT2D eigenvalue weighted by molar-refractivity contribution is 0.389. The molecule has 1 heterocycles. The average molecular weight is 277 g/mol. The summed E-state index contributed by atoms with van der Waals surface area (Å²) in [7, 11) is 4.24. The quantitative estimate of drug-likeness (QED) is 0.787. The van der Waals surface area contributed by atoms with E-state index in [9.17, 15) is 0 Å². The summed E-state index contributed by atoms with van der Waals surface area (Å²) in [5.74, 6) is 0. The van der Waals surface area contributed by atoms with Crippen molar-refractivity contribution in [1.82, 2.24) is 15.2 Å². The molecule has 0 aliphatic carbocycles. The summed E-state index contributed by atoms with van der Waals surface area (Å²) < 4.78 is 1.28. The molecule has 1 aromatic heterocycles. The van der Waals surface area contributed by atoms with Crippen molar-refractivity contribution in [2.75, 3.05) is 27.2 Å². The third-order valence-electron chi connectivity index (χ3n) is 3.16. The third-order valence-corrected chi connectivity index (χ3v) is 4.38. The first-order valence-electron chi connectivity index (χ1n) is 6.90. The van der Waals surface area contributed by atoms with Crippen molar-refractivity contribution >= 4 is 21.6 Å². The minimum atomic E-state index is 0.344. The highest BCUT2D eigenvalue weighted by molar-refractivity contribution is 7.18. The molecule has 1 aromatic carbocycles. The van der Waals surface area contributed by atoms with Crippen LogP contribution in [0.4, 0.5) is 0 Å². The van der Waals surface area contributed by atoms with Crippen molar-refractivity contribution in [2.24, 2.45) is 0 Å². The molecule has 19 heavy (non-hydrogen) atoms. The number of fused-ring (bicyclic) bond motifs is 1. The van der Waals surface area contributed by atoms with Crippen molar-refractivity contribution < 1.29 is 0 Å². The van der Waals surface area contributed by atoms with Gasteiger partial charge in [-0.3, -0.25) is 0 Å². The van der Waals surface area contributed by atoms with Gasteiger partial charge in [0.2, 0.25) is 0 Å². The number of rotatable bonds is 7. The molecule has 0 aliphatic rings. The summed E-state index contributed by atoms with van der Waals surface area (Å²) in [6, 6.07) is 8.69. The first-order chi connectivity index (χ1) is 9.16. The summed E-state index contributed by atoms with van der Waals surface area (Å²) in [4.78, 5) is 6.92. The molecule has 0 amide bonds. The maximum absolute atomic E-state index is 4.69. The van der Waals surface area contributed by atoms with Crippen molar-refractivity contribution in [2.45, 2.75) is 25.8 Å². The fourth-order valence-corrected chi connectivity index (χ4v) is 3.03. The van der Waals surface area contributed by atoms with E-state index in [1.165, 1.54) is 22.5 Å². The Labute approximate surface area is 119 Å². The van der Waals surface area contributed by atoms with E-state index in [0.717, 1.165) is 18.6 Å². The van der Waals surface area contributed by atoms with Crippen LogP contribution in [0.2, 0.25) is 0 Å². The lowest BCUT2D eigenvalue weighted by Gasteiger charge is -2.12. The van der Waals surface area contributed by atoms with E-state index >= 15 is 0 Å². The number of nitrogens with one attached hydrogen (secondary N) is 1. The Hall–Kier alpha value is -0.970. The minimum absolute atomic E-state index is 0.344. The molecule has 4 heteroatoms. The Kier molecular flexibility index (Phi) is 5.31. The molecule has 1 N–H and O–H groups in total. The summed E-state index contributed by atoms with van der Waals surface area (Å²) in [6.07, 6.45) is 2.46. The predicted octanol–water partition coefficient (Wildman–Crippen LogP) is 3.29. The molecule has 0 saturated heterocycles. The van der Waals surface area contributed by atoms with Gasteiger partial charge in [-0.15, -0.1) is 11.3 Å². The normalized spacial score (nSPS) is 13.3. The highest BCUT2D eigenvalue weighted by Crippen LogP contribution is 2.25. The van der Waals surface area contributed by atoms with Gasteiger partial charge in [0.15, 0.2) is 0 Å². The Morgan fingerprint density at radius 3 is 2.79 bits per heavy atom. The van der Waals surface area contributed by atoms with Crippen molar-refractivity contribution in [1.29, 1.82) is 0 Å². The fourth-order valence-electron chi connectivity index (χ4n) is 2.03. The molecule has 0 saturated carbocycles. The second-order valence-corrected chi connectivity index (χ2v) is 6.27. The van der Waals surface area contributed by atoms with Crippen LogP contribution in [0.15, 0.2) is 24.3 Å². The maximum Gasteiger partial charge on any atom is 0.111 e. The minimum Gasteiger partial charge on any atom is -0.309 e. The number of hydrogen-bond acceptors (Lipinski definition) is 4. The lowest BCUT2D eigenvalue weighted by Crippen LogP contribution is -2.21. The molecular weight excluding hydrogens is 254 g/mol. The second kappa shape index (κ2) is 6.98. The number of benzene rings is 1. The largest absolute Gasteiger partial charge is 0.309 e. The van der Waals surface area contributed by atoms with Crippen LogP contribution in [-0.2, 0) is 0 Å². The van der Waals surface area contributed by atoms with Crippen LogP contribution in [0.3, 0.4) is 0 Å². The Morgan fingerprint density at radius 2 is 2.05 bits per heavy atom. The number of thiazole rings is 1. The molecule has 0 aliphatic heterocycles. The first-order valence-corrected chi connectivity index (χ1v) is 7.72. The third kappa shape index (κ3) is 4.27. The molecule has 1 unspecified atom stereocenters. The average Bonchev–Trinajstić information content (AvgIpc) is 2.81. The van der Waals surface area contributed by atoms with Gasteiger partial charge >= 0.3 is 0 Å². The number of nitrogens with zero attached hydrogens (tertiary/aromatic N) is 2. The van der Waals surface area contributed by atoms with Crippen LogP contribution in [0.1, 0.15) is 30.8 Å². The predicted molar refractivity (Wildman–Crippen MR) is 83.8 cm³/mol. The van der Waals surface area contributed by atoms with Crippen molar-refractivity contribution in [3.63, 3.8) is 0 Å². The summed E-state index contributed by atoms with van der Waals surface area (Å²) in [5, 5.41) is 4.75. The van der Waals surface area contributed by atoms with E-state index in [1.807, 2.05) is 6.07 Å². The Balaban J connectivity index is 1.81. The molecule has 0 bridgehead atoms. The van der Waals surface area contributed by atoms with Crippen molar-refractivity contribution in [3.8, 4) is 0 Å². The number of para-hydroxylation sites is 1. The maximum atomic E-state index is 4.69. The molecule has 0 fully saturated rings. The van der Waals surface area contributed by atoms with Gasteiger partial charge in [0.25, 0.3) is 0 Å². The van der Waals surface area contributed by atoms with E-state index in [0.29, 0.717) is 6.04 Å². The van der Waals surface area contributed by atoms with Crippen LogP contribution >= 0.6 is 11.3 Å². The highest BCUT2D eigenvalue weighted by atomic mass is 32.1. The zero-order valence-corrected chi connectivity index (χ0v) is 12.8. The molecule has 104 valence electrons. The standard InChI is InChI=1S/C15H23N3S/c1-12(16-10-6-7-11-18(2)3)15-17-13-8-4-5-9-14(13)19-15/h4-5,8-9,12,16H,6-7,10-11H2,1-3H3. The van der Waals surface area contributed by atoms with E-state index in [-0.39, 0.29) is 0 Å². The topological polar surface area (TPSA) is 28.2 Å². The Morgan fingerprint density at radius 1 is 1.26 bits per heavy atom. The van der Waals surface area contributed by atoms with Gasteiger partial charge in [-0.2, -0.15) is 0 Å². The van der Waals surface area contributed by atoms with Gasteiger partial charge in [0, 0.05) is 0 Å². The highest BCUT2D eigenvalue weighted by Gasteiger charge is 2.10. The van der Waals surface area contributed by atoms with Gasteiger partial charge in [0.1, 0.15) is 5.01 Å². The molecule has 0 radical (unpaired) electrons. The van der Waals surface area contributed by atoms with Gasteiger partial charge in [-0.05, 0) is 59.1 Å². The number of aromatic nitrogens is 1. The molecule has 0 spiro atoms. The smallest absolute Gasteiger partial charge is 0.111 e. The molecule has 3 nitrogen and oxygen atoms in total. The van der Waals surface area contributed by atoms with Crippen LogP contribution < -0.4 is 5.32 Å². The monoisotopic (exact) mass is 277 g/mol. The van der Waals surface area contributed by atoms with Crippen LogP contribution in [-0.4, -0.2) is 37.1 Å². The summed E-state index contributed by atoms with van der Waals surface area (Å²) in [5.41, 5.74) is 1.11. The molecular formula is C15H23N3S.